The second-order valence-corrected chi connectivity index (χ2v) is 5.25. The van der Waals surface area contributed by atoms with Crippen LogP contribution in [0.1, 0.15) is 17.3 Å². The number of benzene rings is 1. The van der Waals surface area contributed by atoms with Crippen molar-refractivity contribution in [1.29, 1.82) is 0 Å². The van der Waals surface area contributed by atoms with Crippen LogP contribution in [0.25, 0.3) is 0 Å². The number of nitrogens with two attached hydrogens (primary N) is 1. The zero-order valence-corrected chi connectivity index (χ0v) is 11.1. The van der Waals surface area contributed by atoms with Gasteiger partial charge in [0.05, 0.1) is 11.7 Å². The topological polar surface area (TPSA) is 50.9 Å². The van der Waals surface area contributed by atoms with E-state index in [1.165, 1.54) is 16.9 Å². The van der Waals surface area contributed by atoms with Crippen LogP contribution in [0, 0.1) is 0 Å². The fraction of sp³-hybridized carbons (Fsp3) is 0.250. The number of likely N-dealkylation sites (N-methyl/N-ethyl adjacent to an activating group) is 1. The molecule has 0 aliphatic rings. The van der Waals surface area contributed by atoms with Crippen LogP contribution in [-0.2, 0) is 6.42 Å². The summed E-state index contributed by atoms with van der Waals surface area (Å²) in [5.74, 6) is 0. The second-order valence-electron chi connectivity index (χ2n) is 3.81. The molecule has 0 bridgehead atoms. The molecule has 0 aliphatic heterocycles. The number of hydrogen-bond donors (Lipinski definition) is 2. The van der Waals surface area contributed by atoms with Gasteiger partial charge in [0, 0.05) is 11.1 Å². The summed E-state index contributed by atoms with van der Waals surface area (Å²) in [5, 5.41) is 5.24. The predicted molar refractivity (Wildman–Crippen MR) is 73.5 cm³/mol. The van der Waals surface area contributed by atoms with Crippen LogP contribution in [0.4, 0.5) is 5.69 Å². The lowest BCUT2D eigenvalue weighted by Crippen LogP contribution is -2.19. The Kier molecular flexibility index (Phi) is 3.99. The first-order valence-corrected chi connectivity index (χ1v) is 6.57. The zero-order chi connectivity index (χ0) is 12.3. The largest absolute Gasteiger partial charge is 0.399 e. The van der Waals surface area contributed by atoms with Gasteiger partial charge in [0.2, 0.25) is 0 Å². The summed E-state index contributed by atoms with van der Waals surface area (Å²) in [6, 6.07) is 8.08. The fourth-order valence-electron chi connectivity index (χ4n) is 1.67. The SMILES string of the molecule is CNC(Cc1ccc(N)cc1)c1csc(Cl)n1. The number of rotatable bonds is 4. The molecule has 0 aliphatic carbocycles. The minimum atomic E-state index is 0.183. The molecule has 0 saturated heterocycles. The van der Waals surface area contributed by atoms with E-state index in [4.69, 9.17) is 17.3 Å². The second kappa shape index (κ2) is 5.49. The quantitative estimate of drug-likeness (QED) is 0.838. The number of hydrogen-bond acceptors (Lipinski definition) is 4. The van der Waals surface area contributed by atoms with E-state index in [0.29, 0.717) is 4.47 Å². The van der Waals surface area contributed by atoms with Crippen LogP contribution in [-0.4, -0.2) is 12.0 Å². The molecule has 1 aromatic carbocycles. The van der Waals surface area contributed by atoms with E-state index in [-0.39, 0.29) is 6.04 Å². The Morgan fingerprint density at radius 1 is 1.41 bits per heavy atom. The third kappa shape index (κ3) is 3.19. The minimum Gasteiger partial charge on any atom is -0.399 e. The molecule has 0 radical (unpaired) electrons. The highest BCUT2D eigenvalue weighted by Crippen LogP contribution is 2.23. The number of anilines is 1. The van der Waals surface area contributed by atoms with Crippen LogP contribution >= 0.6 is 22.9 Å². The summed E-state index contributed by atoms with van der Waals surface area (Å²) in [6.45, 7) is 0. The number of nitrogens with zero attached hydrogens (tertiary/aromatic N) is 1. The first kappa shape index (κ1) is 12.4. The van der Waals surface area contributed by atoms with E-state index in [2.05, 4.69) is 10.3 Å². The molecule has 2 aromatic rings. The number of halogens is 1. The number of aromatic nitrogens is 1. The molecule has 3 N–H and O–H groups in total. The Morgan fingerprint density at radius 3 is 2.65 bits per heavy atom. The fourth-order valence-corrected chi connectivity index (χ4v) is 2.49. The van der Waals surface area contributed by atoms with Crippen LogP contribution in [0.3, 0.4) is 0 Å². The van der Waals surface area contributed by atoms with Crippen molar-refractivity contribution in [3.63, 3.8) is 0 Å². The average Bonchev–Trinajstić information content (AvgIpc) is 2.75. The van der Waals surface area contributed by atoms with E-state index >= 15 is 0 Å². The molecule has 5 heteroatoms. The molecule has 0 amide bonds. The molecule has 3 nitrogen and oxygen atoms in total. The lowest BCUT2D eigenvalue weighted by molar-refractivity contribution is 0.579. The van der Waals surface area contributed by atoms with E-state index in [1.807, 2.05) is 36.7 Å². The van der Waals surface area contributed by atoms with Gasteiger partial charge in [-0.25, -0.2) is 4.98 Å². The van der Waals surface area contributed by atoms with Gasteiger partial charge in [-0.15, -0.1) is 11.3 Å². The van der Waals surface area contributed by atoms with E-state index in [0.717, 1.165) is 17.8 Å². The molecule has 0 spiro atoms. The number of nitrogen functional groups attached to an aromatic ring is 1. The first-order chi connectivity index (χ1) is 8.19. The van der Waals surface area contributed by atoms with Crippen molar-refractivity contribution < 1.29 is 0 Å². The molecule has 0 fully saturated rings. The maximum absolute atomic E-state index is 5.85. The van der Waals surface area contributed by atoms with E-state index in [9.17, 15) is 0 Å². The highest BCUT2D eigenvalue weighted by atomic mass is 35.5. The highest BCUT2D eigenvalue weighted by Gasteiger charge is 2.13. The third-order valence-corrected chi connectivity index (χ3v) is 3.62. The summed E-state index contributed by atoms with van der Waals surface area (Å²) in [7, 11) is 1.93. The lowest BCUT2D eigenvalue weighted by Gasteiger charge is -2.13. The molecule has 1 heterocycles. The van der Waals surface area contributed by atoms with Crippen LogP contribution < -0.4 is 11.1 Å². The lowest BCUT2D eigenvalue weighted by atomic mass is 10.0. The van der Waals surface area contributed by atoms with Crippen molar-refractivity contribution in [3.8, 4) is 0 Å². The minimum absolute atomic E-state index is 0.183. The molecule has 0 saturated carbocycles. The van der Waals surface area contributed by atoms with Crippen LogP contribution in [0.2, 0.25) is 4.47 Å². The summed E-state index contributed by atoms with van der Waals surface area (Å²) in [5.41, 5.74) is 8.65. The Morgan fingerprint density at radius 2 is 2.12 bits per heavy atom. The Hall–Kier alpha value is -1.10. The summed E-state index contributed by atoms with van der Waals surface area (Å²) in [6.07, 6.45) is 0.872. The van der Waals surface area contributed by atoms with Crippen molar-refractivity contribution in [2.75, 3.05) is 12.8 Å². The summed E-state index contributed by atoms with van der Waals surface area (Å²) >= 11 is 7.30. The summed E-state index contributed by atoms with van der Waals surface area (Å²) < 4.78 is 0.581. The monoisotopic (exact) mass is 267 g/mol. The van der Waals surface area contributed by atoms with Crippen LogP contribution in [0.15, 0.2) is 29.6 Å². The Labute approximate surface area is 110 Å². The Bertz CT molecular complexity index is 481. The van der Waals surface area contributed by atoms with Crippen molar-refractivity contribution in [3.05, 3.63) is 45.4 Å². The third-order valence-electron chi connectivity index (χ3n) is 2.62. The average molecular weight is 268 g/mol. The van der Waals surface area contributed by atoms with Crippen molar-refractivity contribution in [2.24, 2.45) is 0 Å². The molecule has 1 atom stereocenters. The molecule has 90 valence electrons. The normalized spacial score (nSPS) is 12.6. The summed E-state index contributed by atoms with van der Waals surface area (Å²) in [4.78, 5) is 4.29. The first-order valence-electron chi connectivity index (χ1n) is 5.31. The van der Waals surface area contributed by atoms with Crippen molar-refractivity contribution in [1.82, 2.24) is 10.3 Å². The smallest absolute Gasteiger partial charge is 0.183 e. The van der Waals surface area contributed by atoms with Gasteiger partial charge in [0.15, 0.2) is 4.47 Å². The molecule has 17 heavy (non-hydrogen) atoms. The van der Waals surface area contributed by atoms with Gasteiger partial charge < -0.3 is 11.1 Å². The van der Waals surface area contributed by atoms with Gasteiger partial charge in [-0.3, -0.25) is 0 Å². The number of nitrogens with one attached hydrogen (secondary N) is 1. The molecule has 1 unspecified atom stereocenters. The van der Waals surface area contributed by atoms with Gasteiger partial charge in [-0.1, -0.05) is 23.7 Å². The molecular formula is C12H14ClN3S. The maximum Gasteiger partial charge on any atom is 0.183 e. The Balaban J connectivity index is 2.12. The molecular weight excluding hydrogens is 254 g/mol. The number of thiazole rings is 1. The standard InChI is InChI=1S/C12H14ClN3S/c1-15-10(11-7-17-12(13)16-11)6-8-2-4-9(14)5-3-8/h2-5,7,10,15H,6,14H2,1H3. The van der Waals surface area contributed by atoms with Crippen molar-refractivity contribution >= 4 is 28.6 Å². The van der Waals surface area contributed by atoms with Gasteiger partial charge in [-0.2, -0.15) is 0 Å². The van der Waals surface area contributed by atoms with Gasteiger partial charge in [0.1, 0.15) is 0 Å². The van der Waals surface area contributed by atoms with Gasteiger partial charge in [0.25, 0.3) is 0 Å². The molecule has 1 aromatic heterocycles. The van der Waals surface area contributed by atoms with Crippen LogP contribution in [0.5, 0.6) is 0 Å². The van der Waals surface area contributed by atoms with Gasteiger partial charge in [-0.05, 0) is 31.2 Å². The van der Waals surface area contributed by atoms with Gasteiger partial charge >= 0.3 is 0 Å². The van der Waals surface area contributed by atoms with Crippen molar-refractivity contribution in [2.45, 2.75) is 12.5 Å². The van der Waals surface area contributed by atoms with E-state index < -0.39 is 0 Å². The maximum atomic E-state index is 5.85. The highest BCUT2D eigenvalue weighted by molar-refractivity contribution is 7.13. The predicted octanol–water partition coefficient (Wildman–Crippen LogP) is 2.88. The van der Waals surface area contributed by atoms with E-state index in [1.54, 1.807) is 0 Å². The molecule has 2 rings (SSSR count). The zero-order valence-electron chi connectivity index (χ0n) is 9.48.